The second-order valence-electron chi connectivity index (χ2n) is 6.60. The van der Waals surface area contributed by atoms with Crippen LogP contribution in [-0.4, -0.2) is 68.4 Å². The maximum atomic E-state index is 12.8. The molecule has 0 bridgehead atoms. The summed E-state index contributed by atoms with van der Waals surface area (Å²) in [6.07, 6.45) is 1.80. The summed E-state index contributed by atoms with van der Waals surface area (Å²) in [5.74, 6) is 1.38. The van der Waals surface area contributed by atoms with E-state index in [-0.39, 0.29) is 18.6 Å². The van der Waals surface area contributed by atoms with Crippen molar-refractivity contribution >= 4 is 11.6 Å². The lowest BCUT2D eigenvalue weighted by atomic mass is 9.97. The molecule has 2 aliphatic heterocycles. The van der Waals surface area contributed by atoms with Gasteiger partial charge in [-0.3, -0.25) is 4.79 Å². The van der Waals surface area contributed by atoms with Crippen LogP contribution in [0.15, 0.2) is 24.3 Å². The minimum atomic E-state index is -0.161. The number of piperidine rings is 1. The number of carbonyl (C=O) groups is 1. The predicted molar refractivity (Wildman–Crippen MR) is 93.4 cm³/mol. The molecule has 1 aromatic rings. The molecule has 24 heavy (non-hydrogen) atoms. The van der Waals surface area contributed by atoms with Gasteiger partial charge in [0.2, 0.25) is 5.91 Å². The van der Waals surface area contributed by atoms with Gasteiger partial charge in [-0.15, -0.1) is 0 Å². The summed E-state index contributed by atoms with van der Waals surface area (Å²) in [6.45, 7) is 4.12. The number of aliphatic hydroxyl groups excluding tert-OH is 1. The monoisotopic (exact) mass is 333 g/mol. The molecule has 2 saturated heterocycles. The number of rotatable bonds is 4. The molecule has 2 heterocycles. The van der Waals surface area contributed by atoms with Crippen LogP contribution in [0.2, 0.25) is 0 Å². The van der Waals surface area contributed by atoms with Crippen molar-refractivity contribution in [3.63, 3.8) is 0 Å². The van der Waals surface area contributed by atoms with Crippen molar-refractivity contribution in [3.8, 4) is 5.75 Å². The van der Waals surface area contributed by atoms with E-state index in [2.05, 4.69) is 10.2 Å². The smallest absolute Gasteiger partial charge is 0.241 e. The molecule has 1 unspecified atom stereocenters. The summed E-state index contributed by atoms with van der Waals surface area (Å²) in [5, 5.41) is 12.6. The first-order chi connectivity index (χ1) is 11.7. The van der Waals surface area contributed by atoms with Crippen molar-refractivity contribution < 1.29 is 14.6 Å². The summed E-state index contributed by atoms with van der Waals surface area (Å²) in [4.78, 5) is 17.0. The van der Waals surface area contributed by atoms with Crippen LogP contribution in [0.1, 0.15) is 12.8 Å². The van der Waals surface area contributed by atoms with Crippen LogP contribution in [0.3, 0.4) is 0 Å². The van der Waals surface area contributed by atoms with Crippen molar-refractivity contribution in [1.29, 1.82) is 0 Å². The van der Waals surface area contributed by atoms with Gasteiger partial charge in [0.25, 0.3) is 0 Å². The van der Waals surface area contributed by atoms with Gasteiger partial charge >= 0.3 is 0 Å². The summed E-state index contributed by atoms with van der Waals surface area (Å²) < 4.78 is 5.20. The molecule has 1 aromatic carbocycles. The number of aliphatic hydroxyl groups is 1. The van der Waals surface area contributed by atoms with E-state index in [1.165, 1.54) is 0 Å². The fourth-order valence-corrected chi connectivity index (χ4v) is 3.50. The number of nitrogens with one attached hydrogen (secondary N) is 1. The Labute approximate surface area is 143 Å². The molecular weight excluding hydrogens is 306 g/mol. The number of hydrogen-bond acceptors (Lipinski definition) is 5. The van der Waals surface area contributed by atoms with E-state index < -0.39 is 0 Å². The maximum absolute atomic E-state index is 12.8. The lowest BCUT2D eigenvalue weighted by Crippen LogP contribution is -2.58. The van der Waals surface area contributed by atoms with Crippen molar-refractivity contribution in [3.05, 3.63) is 24.3 Å². The van der Waals surface area contributed by atoms with E-state index >= 15 is 0 Å². The molecule has 2 aliphatic rings. The number of likely N-dealkylation sites (tertiary alicyclic amines) is 1. The zero-order valence-corrected chi connectivity index (χ0v) is 14.3. The molecule has 3 rings (SSSR count). The minimum Gasteiger partial charge on any atom is -0.497 e. The largest absolute Gasteiger partial charge is 0.497 e. The Morgan fingerprint density at radius 2 is 1.96 bits per heavy atom. The molecular formula is C18H27N3O3. The van der Waals surface area contributed by atoms with Gasteiger partial charge < -0.3 is 25.0 Å². The maximum Gasteiger partial charge on any atom is 0.241 e. The predicted octanol–water partition coefficient (Wildman–Crippen LogP) is 0.704. The molecule has 132 valence electrons. The zero-order chi connectivity index (χ0) is 16.9. The van der Waals surface area contributed by atoms with Gasteiger partial charge in [0.05, 0.1) is 7.11 Å². The van der Waals surface area contributed by atoms with Crippen LogP contribution in [-0.2, 0) is 4.79 Å². The standard InChI is InChI=1S/C18H27N3O3/c1-24-16-4-2-15(3-5-16)21-11-8-19-17(12-21)18(23)20-9-6-14(13-22)7-10-20/h2-5,14,17,19,22H,6-13H2,1H3. The molecule has 0 saturated carbocycles. The molecule has 6 nitrogen and oxygen atoms in total. The molecule has 0 aromatic heterocycles. The summed E-state index contributed by atoms with van der Waals surface area (Å²) in [5.41, 5.74) is 1.12. The van der Waals surface area contributed by atoms with E-state index in [9.17, 15) is 9.90 Å². The van der Waals surface area contributed by atoms with E-state index in [1.54, 1.807) is 7.11 Å². The van der Waals surface area contributed by atoms with Gasteiger partial charge in [0.15, 0.2) is 0 Å². The van der Waals surface area contributed by atoms with Gasteiger partial charge in [-0.05, 0) is 43.0 Å². The highest BCUT2D eigenvalue weighted by atomic mass is 16.5. The number of anilines is 1. The van der Waals surface area contributed by atoms with Crippen molar-refractivity contribution in [1.82, 2.24) is 10.2 Å². The van der Waals surface area contributed by atoms with E-state index in [4.69, 9.17) is 4.74 Å². The number of hydrogen-bond donors (Lipinski definition) is 2. The Morgan fingerprint density at radius 1 is 1.25 bits per heavy atom. The second kappa shape index (κ2) is 7.85. The Hall–Kier alpha value is -1.79. The van der Waals surface area contributed by atoms with Crippen LogP contribution in [0.4, 0.5) is 5.69 Å². The zero-order valence-electron chi connectivity index (χ0n) is 14.3. The number of ether oxygens (including phenoxy) is 1. The Balaban J connectivity index is 1.59. The van der Waals surface area contributed by atoms with Crippen LogP contribution in [0.5, 0.6) is 5.75 Å². The fraction of sp³-hybridized carbons (Fsp3) is 0.611. The van der Waals surface area contributed by atoms with Crippen molar-refractivity contribution in [2.24, 2.45) is 5.92 Å². The lowest BCUT2D eigenvalue weighted by molar-refractivity contribution is -0.135. The number of amides is 1. The number of piperazine rings is 1. The normalized spacial score (nSPS) is 22.5. The van der Waals surface area contributed by atoms with E-state index in [0.717, 1.165) is 50.5 Å². The first-order valence-electron chi connectivity index (χ1n) is 8.73. The van der Waals surface area contributed by atoms with Gasteiger partial charge in [0.1, 0.15) is 11.8 Å². The highest BCUT2D eigenvalue weighted by molar-refractivity contribution is 5.83. The summed E-state index contributed by atoms with van der Waals surface area (Å²) >= 11 is 0. The topological polar surface area (TPSA) is 65.0 Å². The third kappa shape index (κ3) is 3.82. The molecule has 1 amide bonds. The van der Waals surface area contributed by atoms with E-state index in [1.807, 2.05) is 29.2 Å². The third-order valence-electron chi connectivity index (χ3n) is 5.10. The molecule has 0 spiro atoms. The van der Waals surface area contributed by atoms with Gasteiger partial charge in [0, 0.05) is 45.0 Å². The number of nitrogens with zero attached hydrogens (tertiary/aromatic N) is 2. The lowest BCUT2D eigenvalue weighted by Gasteiger charge is -2.39. The SMILES string of the molecule is COc1ccc(N2CCNC(C(=O)N3CCC(CO)CC3)C2)cc1. The number of benzene rings is 1. The molecule has 1 atom stereocenters. The first-order valence-corrected chi connectivity index (χ1v) is 8.73. The Morgan fingerprint density at radius 3 is 2.58 bits per heavy atom. The first kappa shape index (κ1) is 17.0. The molecule has 0 aliphatic carbocycles. The highest BCUT2D eigenvalue weighted by Gasteiger charge is 2.31. The fourth-order valence-electron chi connectivity index (χ4n) is 3.50. The molecule has 6 heteroatoms. The van der Waals surface area contributed by atoms with Crippen LogP contribution in [0.25, 0.3) is 0 Å². The Kier molecular flexibility index (Phi) is 5.58. The van der Waals surface area contributed by atoms with Gasteiger partial charge in [-0.1, -0.05) is 0 Å². The number of carbonyl (C=O) groups excluding carboxylic acids is 1. The van der Waals surface area contributed by atoms with Gasteiger partial charge in [-0.25, -0.2) is 0 Å². The average Bonchev–Trinajstić information content (AvgIpc) is 2.67. The number of methoxy groups -OCH3 is 1. The van der Waals surface area contributed by atoms with E-state index in [0.29, 0.717) is 12.5 Å². The minimum absolute atomic E-state index is 0.161. The van der Waals surface area contributed by atoms with Crippen molar-refractivity contribution in [2.75, 3.05) is 51.3 Å². The summed E-state index contributed by atoms with van der Waals surface area (Å²) in [6, 6.07) is 7.82. The Bertz CT molecular complexity index is 541. The van der Waals surface area contributed by atoms with Crippen LogP contribution >= 0.6 is 0 Å². The molecule has 0 radical (unpaired) electrons. The quantitative estimate of drug-likeness (QED) is 0.849. The average molecular weight is 333 g/mol. The van der Waals surface area contributed by atoms with Crippen LogP contribution in [0, 0.1) is 5.92 Å². The van der Waals surface area contributed by atoms with Crippen LogP contribution < -0.4 is 15.0 Å². The second-order valence-corrected chi connectivity index (χ2v) is 6.60. The van der Waals surface area contributed by atoms with Gasteiger partial charge in [-0.2, -0.15) is 0 Å². The summed E-state index contributed by atoms with van der Waals surface area (Å²) in [7, 11) is 1.66. The molecule has 2 N–H and O–H groups in total. The highest BCUT2D eigenvalue weighted by Crippen LogP contribution is 2.22. The van der Waals surface area contributed by atoms with Crippen molar-refractivity contribution in [2.45, 2.75) is 18.9 Å². The molecule has 2 fully saturated rings. The third-order valence-corrected chi connectivity index (χ3v) is 5.10.